The standard InChI is InChI=1S/C21H19Cl4N5O2S/c1-3-30-19(11(2)26-20(32)14-6-4-12(22)8-15(14)24)28-29-21(30)33-10-18(31)27-17-7-5-13(23)9-16(17)25/h4-9,11H,3,10H2,1-2H3,(H,26,32)(H,27,31)/t11-/m1/s1. The highest BCUT2D eigenvalue weighted by atomic mass is 35.5. The van der Waals surface area contributed by atoms with Gasteiger partial charge >= 0.3 is 0 Å². The number of hydrogen-bond acceptors (Lipinski definition) is 5. The van der Waals surface area contributed by atoms with E-state index < -0.39 is 6.04 Å². The fraction of sp³-hybridized carbons (Fsp3) is 0.238. The van der Waals surface area contributed by atoms with E-state index >= 15 is 0 Å². The van der Waals surface area contributed by atoms with Crippen LogP contribution in [-0.2, 0) is 11.3 Å². The van der Waals surface area contributed by atoms with E-state index in [9.17, 15) is 9.59 Å². The summed E-state index contributed by atoms with van der Waals surface area (Å²) in [6.07, 6.45) is 0. The first-order valence-electron chi connectivity index (χ1n) is 9.76. The number of benzene rings is 2. The van der Waals surface area contributed by atoms with Crippen LogP contribution in [0.3, 0.4) is 0 Å². The predicted octanol–water partition coefficient (Wildman–Crippen LogP) is 6.13. The van der Waals surface area contributed by atoms with Crippen LogP contribution in [-0.4, -0.2) is 32.3 Å². The van der Waals surface area contributed by atoms with Gasteiger partial charge in [-0.2, -0.15) is 0 Å². The van der Waals surface area contributed by atoms with Crippen molar-refractivity contribution in [3.05, 3.63) is 67.9 Å². The van der Waals surface area contributed by atoms with Crippen molar-refractivity contribution in [1.82, 2.24) is 20.1 Å². The number of carbonyl (C=O) groups excluding carboxylic acids is 2. The second kappa shape index (κ2) is 11.4. The quantitative estimate of drug-likeness (QED) is 0.331. The molecule has 3 aromatic rings. The number of thioether (sulfide) groups is 1. The minimum Gasteiger partial charge on any atom is -0.342 e. The summed E-state index contributed by atoms with van der Waals surface area (Å²) in [4.78, 5) is 25.0. The van der Waals surface area contributed by atoms with Crippen molar-refractivity contribution in [3.63, 3.8) is 0 Å². The average Bonchev–Trinajstić information content (AvgIpc) is 3.17. The molecule has 0 aliphatic carbocycles. The zero-order chi connectivity index (χ0) is 24.1. The zero-order valence-electron chi connectivity index (χ0n) is 17.5. The molecule has 0 bridgehead atoms. The van der Waals surface area contributed by atoms with Gasteiger partial charge in [0, 0.05) is 16.6 Å². The smallest absolute Gasteiger partial charge is 0.253 e. The number of anilines is 1. The molecule has 0 aliphatic rings. The molecular formula is C21H19Cl4N5O2S. The molecule has 0 spiro atoms. The first-order valence-corrected chi connectivity index (χ1v) is 12.3. The van der Waals surface area contributed by atoms with Crippen LogP contribution >= 0.6 is 58.2 Å². The van der Waals surface area contributed by atoms with Gasteiger partial charge < -0.3 is 15.2 Å². The highest BCUT2D eigenvalue weighted by Crippen LogP contribution is 2.27. The Hall–Kier alpha value is -1.97. The van der Waals surface area contributed by atoms with Crippen LogP contribution in [0.1, 0.15) is 36.1 Å². The Kier molecular flexibility index (Phi) is 8.89. The number of nitrogens with zero attached hydrogens (tertiary/aromatic N) is 3. The lowest BCUT2D eigenvalue weighted by Crippen LogP contribution is -2.29. The summed E-state index contributed by atoms with van der Waals surface area (Å²) in [5.41, 5.74) is 0.782. The summed E-state index contributed by atoms with van der Waals surface area (Å²) in [7, 11) is 0. The maximum atomic E-state index is 12.6. The molecule has 2 N–H and O–H groups in total. The van der Waals surface area contributed by atoms with E-state index in [1.807, 2.05) is 11.5 Å². The summed E-state index contributed by atoms with van der Waals surface area (Å²) >= 11 is 25.2. The lowest BCUT2D eigenvalue weighted by Gasteiger charge is -2.15. The molecule has 174 valence electrons. The van der Waals surface area contributed by atoms with E-state index in [2.05, 4.69) is 20.8 Å². The lowest BCUT2D eigenvalue weighted by molar-refractivity contribution is -0.113. The fourth-order valence-corrected chi connectivity index (χ4v) is 4.70. The highest BCUT2D eigenvalue weighted by Gasteiger charge is 2.21. The molecule has 0 fully saturated rings. The van der Waals surface area contributed by atoms with Crippen LogP contribution in [0.15, 0.2) is 41.6 Å². The topological polar surface area (TPSA) is 88.9 Å². The number of hydrogen-bond donors (Lipinski definition) is 2. The molecule has 33 heavy (non-hydrogen) atoms. The average molecular weight is 547 g/mol. The second-order valence-corrected chi connectivity index (χ2v) is 9.50. The van der Waals surface area contributed by atoms with Gasteiger partial charge in [-0.3, -0.25) is 9.59 Å². The molecule has 2 amide bonds. The number of halogens is 4. The Balaban J connectivity index is 1.65. The maximum Gasteiger partial charge on any atom is 0.253 e. The van der Waals surface area contributed by atoms with Crippen molar-refractivity contribution < 1.29 is 9.59 Å². The molecule has 0 unspecified atom stereocenters. The van der Waals surface area contributed by atoms with Gasteiger partial charge in [0.25, 0.3) is 5.91 Å². The molecule has 0 saturated carbocycles. The molecule has 12 heteroatoms. The zero-order valence-corrected chi connectivity index (χ0v) is 21.4. The van der Waals surface area contributed by atoms with Gasteiger partial charge in [-0.15, -0.1) is 10.2 Å². The number of amides is 2. The summed E-state index contributed by atoms with van der Waals surface area (Å²) in [5, 5.41) is 16.1. The molecule has 0 radical (unpaired) electrons. The van der Waals surface area contributed by atoms with Crippen molar-refractivity contribution in [1.29, 1.82) is 0 Å². The predicted molar refractivity (Wildman–Crippen MR) is 134 cm³/mol. The number of carbonyl (C=O) groups is 2. The molecule has 2 aromatic carbocycles. The maximum absolute atomic E-state index is 12.6. The van der Waals surface area contributed by atoms with Gasteiger partial charge in [0.2, 0.25) is 5.91 Å². The van der Waals surface area contributed by atoms with E-state index in [4.69, 9.17) is 46.4 Å². The normalized spacial score (nSPS) is 11.8. The minimum atomic E-state index is -0.451. The highest BCUT2D eigenvalue weighted by molar-refractivity contribution is 7.99. The van der Waals surface area contributed by atoms with Crippen molar-refractivity contribution >= 4 is 75.7 Å². The Morgan fingerprint density at radius 1 is 1.03 bits per heavy atom. The number of aromatic nitrogens is 3. The Morgan fingerprint density at radius 3 is 2.33 bits per heavy atom. The van der Waals surface area contributed by atoms with Gasteiger partial charge in [0.15, 0.2) is 11.0 Å². The van der Waals surface area contributed by atoms with Gasteiger partial charge in [-0.25, -0.2) is 0 Å². The van der Waals surface area contributed by atoms with E-state index in [0.717, 1.165) is 0 Å². The third-order valence-corrected chi connectivity index (χ3v) is 6.57. The molecular weight excluding hydrogens is 528 g/mol. The first kappa shape index (κ1) is 25.6. The Morgan fingerprint density at radius 2 is 1.70 bits per heavy atom. The number of rotatable bonds is 8. The van der Waals surface area contributed by atoms with Crippen LogP contribution in [0, 0.1) is 0 Å². The Bertz CT molecular complexity index is 1190. The largest absolute Gasteiger partial charge is 0.342 e. The van der Waals surface area contributed by atoms with Crippen molar-refractivity contribution in [2.75, 3.05) is 11.1 Å². The van der Waals surface area contributed by atoms with Crippen LogP contribution < -0.4 is 10.6 Å². The third kappa shape index (κ3) is 6.55. The summed E-state index contributed by atoms with van der Waals surface area (Å²) in [6, 6.07) is 9.04. The van der Waals surface area contributed by atoms with E-state index in [-0.39, 0.29) is 22.6 Å². The van der Waals surface area contributed by atoms with Crippen LogP contribution in [0.2, 0.25) is 20.1 Å². The van der Waals surface area contributed by atoms with Crippen molar-refractivity contribution in [3.8, 4) is 0 Å². The second-order valence-electron chi connectivity index (χ2n) is 6.87. The van der Waals surface area contributed by atoms with Crippen molar-refractivity contribution in [2.45, 2.75) is 31.6 Å². The molecule has 0 saturated heterocycles. The lowest BCUT2D eigenvalue weighted by atomic mass is 10.2. The molecule has 1 atom stereocenters. The molecule has 0 aliphatic heterocycles. The molecule has 3 rings (SSSR count). The summed E-state index contributed by atoms with van der Waals surface area (Å²) in [6.45, 7) is 4.27. The van der Waals surface area contributed by atoms with Gasteiger partial charge in [-0.1, -0.05) is 58.2 Å². The fourth-order valence-electron chi connectivity index (χ4n) is 2.94. The summed E-state index contributed by atoms with van der Waals surface area (Å²) in [5.74, 6) is 0.0380. The van der Waals surface area contributed by atoms with E-state index in [1.165, 1.54) is 17.8 Å². The minimum absolute atomic E-state index is 0.0954. The SMILES string of the molecule is CCn1c(SCC(=O)Nc2ccc(Cl)cc2Cl)nnc1[C@@H](C)NC(=O)c1ccc(Cl)cc1Cl. The van der Waals surface area contributed by atoms with Crippen LogP contribution in [0.5, 0.6) is 0 Å². The van der Waals surface area contributed by atoms with Gasteiger partial charge in [-0.05, 0) is 50.2 Å². The van der Waals surface area contributed by atoms with Crippen molar-refractivity contribution in [2.24, 2.45) is 0 Å². The van der Waals surface area contributed by atoms with E-state index in [1.54, 1.807) is 37.3 Å². The van der Waals surface area contributed by atoms with E-state index in [0.29, 0.717) is 43.8 Å². The Labute approximate surface area is 215 Å². The van der Waals surface area contributed by atoms with Gasteiger partial charge in [0.1, 0.15) is 0 Å². The van der Waals surface area contributed by atoms with Crippen LogP contribution in [0.25, 0.3) is 0 Å². The van der Waals surface area contributed by atoms with Crippen LogP contribution in [0.4, 0.5) is 5.69 Å². The molecule has 7 nitrogen and oxygen atoms in total. The van der Waals surface area contributed by atoms with Gasteiger partial charge in [0.05, 0.1) is 33.1 Å². The molecule has 1 aromatic heterocycles. The number of nitrogens with one attached hydrogen (secondary N) is 2. The monoisotopic (exact) mass is 545 g/mol. The third-order valence-electron chi connectivity index (χ3n) is 4.51. The first-order chi connectivity index (χ1) is 15.7. The molecule has 1 heterocycles. The summed E-state index contributed by atoms with van der Waals surface area (Å²) < 4.78 is 1.83.